The van der Waals surface area contributed by atoms with Crippen molar-refractivity contribution < 1.29 is 4.79 Å². The van der Waals surface area contributed by atoms with Crippen molar-refractivity contribution in [3.05, 3.63) is 77.3 Å². The fourth-order valence-electron chi connectivity index (χ4n) is 2.86. The van der Waals surface area contributed by atoms with Crippen LogP contribution in [0.25, 0.3) is 0 Å². The molecule has 1 radical (unpaired) electrons. The van der Waals surface area contributed by atoms with Crippen molar-refractivity contribution in [2.24, 2.45) is 0 Å². The fraction of sp³-hybridized carbons (Fsp3) is 0.333. The summed E-state index contributed by atoms with van der Waals surface area (Å²) in [4.78, 5) is 12.7. The molecule has 0 bridgehead atoms. The Kier molecular flexibility index (Phi) is 8.19. The minimum absolute atomic E-state index is 0.0445. The number of ketones is 1. The molecule has 1 aliphatic rings. The van der Waals surface area contributed by atoms with E-state index in [1.54, 1.807) is 11.8 Å². The van der Waals surface area contributed by atoms with Crippen LogP contribution in [0.1, 0.15) is 33.5 Å². The Bertz CT molecular complexity index is 653. The molecule has 0 aliphatic carbocycles. The Morgan fingerprint density at radius 1 is 1.12 bits per heavy atom. The molecule has 1 aromatic rings. The van der Waals surface area contributed by atoms with Crippen LogP contribution in [0.15, 0.2) is 48.6 Å². The van der Waals surface area contributed by atoms with Crippen molar-refractivity contribution in [1.82, 2.24) is 10.9 Å². The SMILES string of the molecule is Cc1cc(C)c(C(=O)CSC2/C=C/[CH]/C=C\C=C\CCNN2)c(C)c1. The average Bonchev–Trinajstić information content (AvgIpc) is 2.53. The van der Waals surface area contributed by atoms with Gasteiger partial charge in [-0.1, -0.05) is 54.2 Å². The van der Waals surface area contributed by atoms with Crippen LogP contribution >= 0.6 is 11.8 Å². The third-order valence-electron chi connectivity index (χ3n) is 3.90. The minimum atomic E-state index is 0.0445. The molecule has 1 aliphatic heterocycles. The van der Waals surface area contributed by atoms with Gasteiger partial charge in [-0.3, -0.25) is 10.2 Å². The molecule has 25 heavy (non-hydrogen) atoms. The highest BCUT2D eigenvalue weighted by Crippen LogP contribution is 2.20. The van der Waals surface area contributed by atoms with Crippen LogP contribution in [0.2, 0.25) is 0 Å². The van der Waals surface area contributed by atoms with E-state index >= 15 is 0 Å². The molecule has 3 nitrogen and oxygen atoms in total. The zero-order valence-corrected chi connectivity index (χ0v) is 16.0. The summed E-state index contributed by atoms with van der Waals surface area (Å²) in [5, 5.41) is 0.0445. The van der Waals surface area contributed by atoms with Crippen LogP contribution in [-0.4, -0.2) is 23.5 Å². The van der Waals surface area contributed by atoms with E-state index in [4.69, 9.17) is 0 Å². The molecule has 0 saturated heterocycles. The van der Waals surface area contributed by atoms with Gasteiger partial charge in [0.1, 0.15) is 0 Å². The maximum atomic E-state index is 12.7. The Hall–Kier alpha value is -1.62. The average molecular weight is 356 g/mol. The molecule has 1 unspecified atom stereocenters. The first-order chi connectivity index (χ1) is 12.1. The van der Waals surface area contributed by atoms with Crippen molar-refractivity contribution in [2.45, 2.75) is 32.6 Å². The second kappa shape index (κ2) is 10.4. The molecule has 1 aromatic carbocycles. The number of thioether (sulfide) groups is 1. The first-order valence-corrected chi connectivity index (χ1v) is 9.67. The zero-order valence-electron chi connectivity index (χ0n) is 15.2. The highest BCUT2D eigenvalue weighted by molar-refractivity contribution is 8.00. The molecule has 0 amide bonds. The minimum Gasteiger partial charge on any atom is -0.293 e. The van der Waals surface area contributed by atoms with Crippen molar-refractivity contribution >= 4 is 17.5 Å². The molecule has 0 fully saturated rings. The number of carbonyl (C=O) groups excluding carboxylic acids is 1. The number of nitrogens with one attached hydrogen (secondary N) is 2. The monoisotopic (exact) mass is 355 g/mol. The Balaban J connectivity index is 1.98. The summed E-state index contributed by atoms with van der Waals surface area (Å²) in [6.45, 7) is 6.95. The normalized spacial score (nSPS) is 22.4. The summed E-state index contributed by atoms with van der Waals surface area (Å²) < 4.78 is 0. The largest absolute Gasteiger partial charge is 0.293 e. The highest BCUT2D eigenvalue weighted by Gasteiger charge is 2.15. The Morgan fingerprint density at radius 3 is 2.64 bits per heavy atom. The van der Waals surface area contributed by atoms with Gasteiger partial charge in [-0.15, -0.1) is 11.8 Å². The molecule has 2 N–H and O–H groups in total. The number of aryl methyl sites for hydroxylation is 3. The first kappa shape index (κ1) is 19.7. The van der Waals surface area contributed by atoms with Crippen molar-refractivity contribution in [3.8, 4) is 0 Å². The predicted molar refractivity (Wildman–Crippen MR) is 109 cm³/mol. The molecule has 0 saturated carbocycles. The Labute approximate surface area is 155 Å². The number of Topliss-reactive ketones (excluding diaryl/α,β-unsaturated/α-hetero) is 1. The van der Waals surface area contributed by atoms with E-state index in [9.17, 15) is 4.79 Å². The number of benzene rings is 1. The maximum Gasteiger partial charge on any atom is 0.173 e. The van der Waals surface area contributed by atoms with Gasteiger partial charge in [0.15, 0.2) is 5.78 Å². The van der Waals surface area contributed by atoms with Gasteiger partial charge < -0.3 is 0 Å². The standard InChI is InChI=1S/C21H27N2OS/c1-16-13-17(2)21(18(3)14-16)19(24)15-25-20-11-9-7-5-4-6-8-10-12-22-23-20/h4-9,11,13-14,20,22-23H,10,12,15H2,1-3H3/b5-4-,8-6+,11-9+. The predicted octanol–water partition coefficient (Wildman–Crippen LogP) is 4.22. The number of hydrogen-bond acceptors (Lipinski definition) is 4. The number of allylic oxidation sites excluding steroid dienone is 4. The second-order valence-electron chi connectivity index (χ2n) is 6.18. The summed E-state index contributed by atoms with van der Waals surface area (Å²) in [5.74, 6) is 0.637. The smallest absolute Gasteiger partial charge is 0.173 e. The molecule has 0 aromatic heterocycles. The number of hydrogen-bond donors (Lipinski definition) is 2. The van der Waals surface area contributed by atoms with Crippen LogP contribution in [0.3, 0.4) is 0 Å². The van der Waals surface area contributed by atoms with Gasteiger partial charge in [0.05, 0.1) is 11.1 Å². The van der Waals surface area contributed by atoms with Crippen LogP contribution in [0.4, 0.5) is 0 Å². The van der Waals surface area contributed by atoms with Gasteiger partial charge in [0, 0.05) is 18.5 Å². The third kappa shape index (κ3) is 6.65. The maximum absolute atomic E-state index is 12.7. The fourth-order valence-corrected chi connectivity index (χ4v) is 3.71. The van der Waals surface area contributed by atoms with Gasteiger partial charge >= 0.3 is 0 Å². The van der Waals surface area contributed by atoms with Gasteiger partial charge in [0.25, 0.3) is 0 Å². The molecule has 4 heteroatoms. The molecule has 1 atom stereocenters. The van der Waals surface area contributed by atoms with E-state index < -0.39 is 0 Å². The van der Waals surface area contributed by atoms with Gasteiger partial charge in [0.2, 0.25) is 0 Å². The lowest BCUT2D eigenvalue weighted by Gasteiger charge is -2.16. The number of rotatable bonds is 4. The van der Waals surface area contributed by atoms with E-state index in [-0.39, 0.29) is 11.2 Å². The van der Waals surface area contributed by atoms with E-state index in [1.165, 1.54) is 5.56 Å². The summed E-state index contributed by atoms with van der Waals surface area (Å²) in [5.41, 5.74) is 10.7. The van der Waals surface area contributed by atoms with Crippen LogP contribution < -0.4 is 10.9 Å². The second-order valence-corrected chi connectivity index (χ2v) is 7.31. The zero-order chi connectivity index (χ0) is 18.1. The first-order valence-electron chi connectivity index (χ1n) is 8.62. The summed E-state index contributed by atoms with van der Waals surface area (Å²) in [6.07, 6.45) is 15.2. The van der Waals surface area contributed by atoms with Gasteiger partial charge in [-0.05, 0) is 38.3 Å². The summed E-state index contributed by atoms with van der Waals surface area (Å²) in [7, 11) is 0. The van der Waals surface area contributed by atoms with Crippen LogP contribution in [-0.2, 0) is 0 Å². The molecule has 133 valence electrons. The van der Waals surface area contributed by atoms with Gasteiger partial charge in [-0.2, -0.15) is 0 Å². The lowest BCUT2D eigenvalue weighted by Crippen LogP contribution is -2.39. The van der Waals surface area contributed by atoms with Gasteiger partial charge in [-0.25, -0.2) is 5.43 Å². The van der Waals surface area contributed by atoms with Crippen molar-refractivity contribution in [3.63, 3.8) is 0 Å². The van der Waals surface area contributed by atoms with Crippen LogP contribution in [0, 0.1) is 27.2 Å². The van der Waals surface area contributed by atoms with Crippen LogP contribution in [0.5, 0.6) is 0 Å². The molecule has 0 spiro atoms. The highest BCUT2D eigenvalue weighted by atomic mass is 32.2. The molecule has 1 heterocycles. The number of hydrazine groups is 1. The van der Waals surface area contributed by atoms with Crippen molar-refractivity contribution in [2.75, 3.05) is 12.3 Å². The molecule has 2 rings (SSSR count). The van der Waals surface area contributed by atoms with E-state index in [2.05, 4.69) is 42.1 Å². The van der Waals surface area contributed by atoms with E-state index in [0.29, 0.717) is 5.75 Å². The van der Waals surface area contributed by atoms with E-state index in [0.717, 1.165) is 29.7 Å². The molecular formula is C21H27N2OS. The topological polar surface area (TPSA) is 41.1 Å². The lowest BCUT2D eigenvalue weighted by atomic mass is 9.97. The van der Waals surface area contributed by atoms with E-state index in [1.807, 2.05) is 44.6 Å². The third-order valence-corrected chi connectivity index (χ3v) is 4.96. The summed E-state index contributed by atoms with van der Waals surface area (Å²) in [6, 6.07) is 4.16. The molecular weight excluding hydrogens is 328 g/mol. The number of carbonyl (C=O) groups is 1. The Morgan fingerprint density at radius 2 is 1.88 bits per heavy atom. The quantitative estimate of drug-likeness (QED) is 0.793. The summed E-state index contributed by atoms with van der Waals surface area (Å²) >= 11 is 1.60. The van der Waals surface area contributed by atoms with Crippen molar-refractivity contribution in [1.29, 1.82) is 0 Å². The lowest BCUT2D eigenvalue weighted by molar-refractivity contribution is 0.102.